The van der Waals surface area contributed by atoms with Gasteiger partial charge in [0.15, 0.2) is 0 Å². The van der Waals surface area contributed by atoms with Crippen molar-refractivity contribution >= 4 is 5.91 Å². The Labute approximate surface area is 152 Å². The fourth-order valence-corrected chi connectivity index (χ4v) is 3.56. The number of rotatable bonds is 5. The van der Waals surface area contributed by atoms with Crippen LogP contribution in [0.15, 0.2) is 54.9 Å². The number of nitrogens with one attached hydrogen (secondary N) is 2. The van der Waals surface area contributed by atoms with Crippen LogP contribution in [0.2, 0.25) is 0 Å². The predicted octanol–water partition coefficient (Wildman–Crippen LogP) is 2.31. The van der Waals surface area contributed by atoms with E-state index in [0.717, 1.165) is 17.9 Å². The molecule has 0 fully saturated rings. The van der Waals surface area contributed by atoms with Crippen molar-refractivity contribution in [3.8, 4) is 0 Å². The molecule has 0 aliphatic carbocycles. The van der Waals surface area contributed by atoms with E-state index in [0.29, 0.717) is 18.5 Å². The summed E-state index contributed by atoms with van der Waals surface area (Å²) in [7, 11) is 2.09. The van der Waals surface area contributed by atoms with E-state index in [2.05, 4.69) is 56.7 Å². The van der Waals surface area contributed by atoms with Crippen LogP contribution in [0, 0.1) is 0 Å². The molecule has 1 atom stereocenters. The Morgan fingerprint density at radius 2 is 2.04 bits per heavy atom. The number of hydrogen-bond donors (Lipinski definition) is 2. The molecule has 2 aromatic carbocycles. The van der Waals surface area contributed by atoms with Crippen molar-refractivity contribution in [1.82, 2.24) is 25.4 Å². The predicted molar refractivity (Wildman–Crippen MR) is 98.6 cm³/mol. The summed E-state index contributed by atoms with van der Waals surface area (Å²) in [6, 6.07) is 16.2. The summed E-state index contributed by atoms with van der Waals surface area (Å²) in [4.78, 5) is 19.2. The summed E-state index contributed by atoms with van der Waals surface area (Å²) in [5, 5.41) is 9.82. The largest absolute Gasteiger partial charge is 0.350 e. The maximum atomic E-state index is 12.8. The van der Waals surface area contributed by atoms with Crippen LogP contribution in [0.5, 0.6) is 0 Å². The summed E-state index contributed by atoms with van der Waals surface area (Å²) in [5.41, 5.74) is 4.24. The highest BCUT2D eigenvalue weighted by Gasteiger charge is 2.27. The molecule has 6 heteroatoms. The van der Waals surface area contributed by atoms with Crippen LogP contribution in [0.4, 0.5) is 0 Å². The lowest BCUT2D eigenvalue weighted by Crippen LogP contribution is -2.33. The summed E-state index contributed by atoms with van der Waals surface area (Å²) < 4.78 is 0. The van der Waals surface area contributed by atoms with E-state index in [4.69, 9.17) is 0 Å². The van der Waals surface area contributed by atoms with Gasteiger partial charge in [0.1, 0.15) is 12.2 Å². The Hall–Kier alpha value is -2.99. The first kappa shape index (κ1) is 16.5. The van der Waals surface area contributed by atoms with Crippen molar-refractivity contribution in [3.05, 3.63) is 82.9 Å². The van der Waals surface area contributed by atoms with Gasteiger partial charge in [-0.1, -0.05) is 42.5 Å². The molecule has 1 unspecified atom stereocenters. The van der Waals surface area contributed by atoms with Crippen molar-refractivity contribution in [2.24, 2.45) is 0 Å². The highest BCUT2D eigenvalue weighted by molar-refractivity contribution is 5.95. The standard InChI is InChI=1S/C20H21N5O/c1-25-12-15-7-3-4-8-16(15)18(25)11-21-20(26)17-9-5-2-6-14(17)10-19-22-13-23-24-19/h2-9,13,18H,10-12H2,1H3,(H,21,26)(H,22,23,24). The molecule has 0 saturated heterocycles. The Balaban J connectivity index is 1.48. The van der Waals surface area contributed by atoms with E-state index in [1.165, 1.54) is 17.5 Å². The fraction of sp³-hybridized carbons (Fsp3) is 0.250. The minimum atomic E-state index is -0.0575. The molecule has 0 saturated carbocycles. The van der Waals surface area contributed by atoms with Crippen molar-refractivity contribution in [1.29, 1.82) is 0 Å². The van der Waals surface area contributed by atoms with Crippen LogP contribution in [0.3, 0.4) is 0 Å². The lowest BCUT2D eigenvalue weighted by molar-refractivity contribution is 0.0940. The third-order valence-corrected chi connectivity index (χ3v) is 4.91. The minimum Gasteiger partial charge on any atom is -0.350 e. The summed E-state index contributed by atoms with van der Waals surface area (Å²) in [5.74, 6) is 0.688. The number of carbonyl (C=O) groups excluding carboxylic acids is 1. The Morgan fingerprint density at radius 1 is 1.23 bits per heavy atom. The molecule has 132 valence electrons. The van der Waals surface area contributed by atoms with Gasteiger partial charge in [0.05, 0.1) is 6.04 Å². The van der Waals surface area contributed by atoms with E-state index < -0.39 is 0 Å². The monoisotopic (exact) mass is 347 g/mol. The number of benzene rings is 2. The van der Waals surface area contributed by atoms with E-state index in [9.17, 15) is 4.79 Å². The van der Waals surface area contributed by atoms with Crippen LogP contribution in [-0.4, -0.2) is 39.6 Å². The lowest BCUT2D eigenvalue weighted by atomic mass is 10.0. The van der Waals surface area contributed by atoms with Gasteiger partial charge in [-0.15, -0.1) is 0 Å². The van der Waals surface area contributed by atoms with Crippen molar-refractivity contribution in [2.45, 2.75) is 19.0 Å². The molecular weight excluding hydrogens is 326 g/mol. The number of fused-ring (bicyclic) bond motifs is 1. The summed E-state index contributed by atoms with van der Waals surface area (Å²) >= 11 is 0. The van der Waals surface area contributed by atoms with E-state index >= 15 is 0 Å². The Bertz CT molecular complexity index is 906. The van der Waals surface area contributed by atoms with Crippen LogP contribution in [0.25, 0.3) is 0 Å². The van der Waals surface area contributed by atoms with E-state index in [-0.39, 0.29) is 11.9 Å². The van der Waals surface area contributed by atoms with Crippen molar-refractivity contribution in [2.75, 3.05) is 13.6 Å². The molecule has 3 aromatic rings. The van der Waals surface area contributed by atoms with Gasteiger partial charge in [0.2, 0.25) is 0 Å². The number of likely N-dealkylation sites (N-methyl/N-ethyl adjacent to an activating group) is 1. The zero-order chi connectivity index (χ0) is 17.9. The van der Waals surface area contributed by atoms with Gasteiger partial charge in [0, 0.05) is 25.1 Å². The smallest absolute Gasteiger partial charge is 0.251 e. The zero-order valence-electron chi connectivity index (χ0n) is 14.6. The molecule has 26 heavy (non-hydrogen) atoms. The normalized spacial score (nSPS) is 16.4. The van der Waals surface area contributed by atoms with Gasteiger partial charge in [-0.05, 0) is 29.8 Å². The molecule has 1 aliphatic rings. The first-order chi connectivity index (χ1) is 12.7. The number of H-pyrrole nitrogens is 1. The topological polar surface area (TPSA) is 73.9 Å². The molecule has 4 rings (SSSR count). The molecule has 0 bridgehead atoms. The maximum Gasteiger partial charge on any atom is 0.251 e. The van der Waals surface area contributed by atoms with Gasteiger partial charge in [-0.2, -0.15) is 5.10 Å². The molecule has 1 aliphatic heterocycles. The minimum absolute atomic E-state index is 0.0575. The number of aromatic nitrogens is 3. The van der Waals surface area contributed by atoms with Crippen LogP contribution in [-0.2, 0) is 13.0 Å². The number of aromatic amines is 1. The molecule has 0 radical (unpaired) electrons. The number of nitrogens with zero attached hydrogens (tertiary/aromatic N) is 3. The van der Waals surface area contributed by atoms with E-state index in [1.807, 2.05) is 24.3 Å². The second-order valence-corrected chi connectivity index (χ2v) is 6.61. The second-order valence-electron chi connectivity index (χ2n) is 6.61. The molecule has 1 aromatic heterocycles. The van der Waals surface area contributed by atoms with Gasteiger partial charge < -0.3 is 5.32 Å². The number of hydrogen-bond acceptors (Lipinski definition) is 4. The van der Waals surface area contributed by atoms with Gasteiger partial charge in [-0.3, -0.25) is 14.8 Å². The Kier molecular flexibility index (Phi) is 4.50. The third-order valence-electron chi connectivity index (χ3n) is 4.91. The quantitative estimate of drug-likeness (QED) is 0.743. The highest BCUT2D eigenvalue weighted by atomic mass is 16.1. The summed E-state index contributed by atoms with van der Waals surface area (Å²) in [6.07, 6.45) is 2.03. The van der Waals surface area contributed by atoms with E-state index in [1.54, 1.807) is 0 Å². The van der Waals surface area contributed by atoms with Gasteiger partial charge in [-0.25, -0.2) is 4.98 Å². The van der Waals surface area contributed by atoms with Crippen molar-refractivity contribution < 1.29 is 4.79 Å². The third kappa shape index (κ3) is 3.23. The molecule has 2 N–H and O–H groups in total. The van der Waals surface area contributed by atoms with Crippen LogP contribution >= 0.6 is 0 Å². The number of carbonyl (C=O) groups is 1. The number of amides is 1. The average molecular weight is 347 g/mol. The first-order valence-corrected chi connectivity index (χ1v) is 8.71. The SMILES string of the molecule is CN1Cc2ccccc2C1CNC(=O)c1ccccc1Cc1ncn[nH]1. The second kappa shape index (κ2) is 7.09. The van der Waals surface area contributed by atoms with Gasteiger partial charge >= 0.3 is 0 Å². The first-order valence-electron chi connectivity index (χ1n) is 8.71. The average Bonchev–Trinajstić information content (AvgIpc) is 3.27. The van der Waals surface area contributed by atoms with Crippen LogP contribution in [0.1, 0.15) is 38.9 Å². The fourth-order valence-electron chi connectivity index (χ4n) is 3.56. The maximum absolute atomic E-state index is 12.8. The molecule has 1 amide bonds. The lowest BCUT2D eigenvalue weighted by Gasteiger charge is -2.21. The summed E-state index contributed by atoms with van der Waals surface area (Å²) in [6.45, 7) is 1.50. The molecule has 0 spiro atoms. The Morgan fingerprint density at radius 3 is 2.88 bits per heavy atom. The highest BCUT2D eigenvalue weighted by Crippen LogP contribution is 2.31. The molecular formula is C20H21N5O. The zero-order valence-corrected chi connectivity index (χ0v) is 14.6. The van der Waals surface area contributed by atoms with Crippen LogP contribution < -0.4 is 5.32 Å². The van der Waals surface area contributed by atoms with Crippen molar-refractivity contribution in [3.63, 3.8) is 0 Å². The molecule has 6 nitrogen and oxygen atoms in total. The van der Waals surface area contributed by atoms with Gasteiger partial charge in [0.25, 0.3) is 5.91 Å². The molecule has 2 heterocycles.